The van der Waals surface area contributed by atoms with Crippen LogP contribution in [0.3, 0.4) is 0 Å². The molecule has 0 saturated heterocycles. The summed E-state index contributed by atoms with van der Waals surface area (Å²) in [6, 6.07) is 8.48. The van der Waals surface area contributed by atoms with E-state index >= 15 is 0 Å². The SMILES string of the molecule is CNCc1sc(-c2ccccc2C)nc1CC(C)C. The molecule has 19 heavy (non-hydrogen) atoms. The summed E-state index contributed by atoms with van der Waals surface area (Å²) in [4.78, 5) is 6.25. The van der Waals surface area contributed by atoms with Crippen LogP contribution in [0.1, 0.15) is 30.0 Å². The summed E-state index contributed by atoms with van der Waals surface area (Å²) >= 11 is 1.82. The molecule has 0 spiro atoms. The van der Waals surface area contributed by atoms with Gasteiger partial charge in [0.15, 0.2) is 0 Å². The Balaban J connectivity index is 2.39. The minimum atomic E-state index is 0.641. The predicted octanol–water partition coefficient (Wildman–Crippen LogP) is 4.04. The first-order valence-electron chi connectivity index (χ1n) is 6.81. The van der Waals surface area contributed by atoms with Crippen LogP contribution in [0.2, 0.25) is 0 Å². The first kappa shape index (κ1) is 14.2. The summed E-state index contributed by atoms with van der Waals surface area (Å²) in [6.45, 7) is 7.55. The van der Waals surface area contributed by atoms with Crippen molar-refractivity contribution < 1.29 is 0 Å². The zero-order valence-electron chi connectivity index (χ0n) is 12.2. The van der Waals surface area contributed by atoms with E-state index in [0.717, 1.165) is 18.0 Å². The highest BCUT2D eigenvalue weighted by atomic mass is 32.1. The molecule has 2 nitrogen and oxygen atoms in total. The van der Waals surface area contributed by atoms with Gasteiger partial charge in [-0.05, 0) is 31.9 Å². The van der Waals surface area contributed by atoms with Gasteiger partial charge in [0.1, 0.15) is 5.01 Å². The van der Waals surface area contributed by atoms with Crippen molar-refractivity contribution in [2.75, 3.05) is 7.05 Å². The molecule has 0 radical (unpaired) electrons. The van der Waals surface area contributed by atoms with Crippen LogP contribution in [0.15, 0.2) is 24.3 Å². The van der Waals surface area contributed by atoms with Crippen molar-refractivity contribution in [3.8, 4) is 10.6 Å². The molecule has 2 rings (SSSR count). The van der Waals surface area contributed by atoms with Crippen LogP contribution < -0.4 is 5.32 Å². The van der Waals surface area contributed by atoms with E-state index in [0.29, 0.717) is 5.92 Å². The molecule has 0 saturated carbocycles. The highest BCUT2D eigenvalue weighted by molar-refractivity contribution is 7.15. The van der Waals surface area contributed by atoms with Gasteiger partial charge in [0.05, 0.1) is 5.69 Å². The van der Waals surface area contributed by atoms with Gasteiger partial charge in [-0.1, -0.05) is 38.1 Å². The molecule has 0 fully saturated rings. The Morgan fingerprint density at radius 2 is 2.00 bits per heavy atom. The third-order valence-electron chi connectivity index (χ3n) is 3.09. The summed E-state index contributed by atoms with van der Waals surface area (Å²) in [7, 11) is 1.99. The standard InChI is InChI=1S/C16H22N2S/c1-11(2)9-14-15(10-17-4)19-16(18-14)13-8-6-5-7-12(13)3/h5-8,11,17H,9-10H2,1-4H3. The lowest BCUT2D eigenvalue weighted by Gasteiger charge is -2.04. The topological polar surface area (TPSA) is 24.9 Å². The maximum absolute atomic E-state index is 4.88. The summed E-state index contributed by atoms with van der Waals surface area (Å²) in [5.41, 5.74) is 3.82. The van der Waals surface area contributed by atoms with Crippen LogP contribution in [-0.2, 0) is 13.0 Å². The summed E-state index contributed by atoms with van der Waals surface area (Å²) < 4.78 is 0. The second-order valence-electron chi connectivity index (χ2n) is 5.33. The molecule has 0 unspecified atom stereocenters. The van der Waals surface area contributed by atoms with Crippen molar-refractivity contribution in [1.82, 2.24) is 10.3 Å². The number of aromatic nitrogens is 1. The molecule has 2 aromatic rings. The zero-order chi connectivity index (χ0) is 13.8. The molecule has 1 N–H and O–H groups in total. The number of hydrogen-bond donors (Lipinski definition) is 1. The third kappa shape index (κ3) is 3.43. The molecule has 0 aliphatic heterocycles. The number of aryl methyl sites for hydroxylation is 1. The van der Waals surface area contributed by atoms with Crippen LogP contribution in [0.5, 0.6) is 0 Å². The Kier molecular flexibility index (Phi) is 4.72. The van der Waals surface area contributed by atoms with Gasteiger partial charge in [0.25, 0.3) is 0 Å². The average Bonchev–Trinajstić information content (AvgIpc) is 2.72. The smallest absolute Gasteiger partial charge is 0.124 e. The van der Waals surface area contributed by atoms with E-state index in [2.05, 4.69) is 50.4 Å². The van der Waals surface area contributed by atoms with Gasteiger partial charge in [0.2, 0.25) is 0 Å². The van der Waals surface area contributed by atoms with E-state index in [4.69, 9.17) is 4.98 Å². The molecule has 0 aliphatic carbocycles. The molecule has 0 aliphatic rings. The van der Waals surface area contributed by atoms with E-state index in [1.165, 1.54) is 21.7 Å². The van der Waals surface area contributed by atoms with Gasteiger partial charge in [0, 0.05) is 17.0 Å². The lowest BCUT2D eigenvalue weighted by atomic mass is 10.1. The molecule has 102 valence electrons. The van der Waals surface area contributed by atoms with E-state index in [9.17, 15) is 0 Å². The zero-order valence-corrected chi connectivity index (χ0v) is 13.0. The highest BCUT2D eigenvalue weighted by Crippen LogP contribution is 2.31. The predicted molar refractivity (Wildman–Crippen MR) is 83.6 cm³/mol. The first-order valence-corrected chi connectivity index (χ1v) is 7.62. The lowest BCUT2D eigenvalue weighted by Crippen LogP contribution is -2.07. The van der Waals surface area contributed by atoms with Crippen molar-refractivity contribution >= 4 is 11.3 Å². The number of benzene rings is 1. The van der Waals surface area contributed by atoms with Crippen molar-refractivity contribution in [2.45, 2.75) is 33.7 Å². The number of nitrogens with zero attached hydrogens (tertiary/aromatic N) is 1. The second-order valence-corrected chi connectivity index (χ2v) is 6.42. The van der Waals surface area contributed by atoms with Gasteiger partial charge in [-0.2, -0.15) is 0 Å². The van der Waals surface area contributed by atoms with Crippen molar-refractivity contribution in [1.29, 1.82) is 0 Å². The number of nitrogens with one attached hydrogen (secondary N) is 1. The molecule has 1 aromatic heterocycles. The van der Waals surface area contributed by atoms with Crippen LogP contribution >= 0.6 is 11.3 Å². The fraction of sp³-hybridized carbons (Fsp3) is 0.438. The minimum Gasteiger partial charge on any atom is -0.315 e. The van der Waals surface area contributed by atoms with Gasteiger partial charge < -0.3 is 5.32 Å². The molecule has 1 heterocycles. The van der Waals surface area contributed by atoms with E-state index in [1.807, 2.05) is 18.4 Å². The number of thiazole rings is 1. The van der Waals surface area contributed by atoms with Crippen LogP contribution in [0.25, 0.3) is 10.6 Å². The quantitative estimate of drug-likeness (QED) is 0.890. The molecular formula is C16H22N2S. The maximum Gasteiger partial charge on any atom is 0.124 e. The fourth-order valence-corrected chi connectivity index (χ4v) is 3.35. The van der Waals surface area contributed by atoms with Crippen LogP contribution in [0, 0.1) is 12.8 Å². The molecule has 3 heteroatoms. The Morgan fingerprint density at radius 3 is 2.63 bits per heavy atom. The summed E-state index contributed by atoms with van der Waals surface area (Å²) in [6.07, 6.45) is 1.05. The number of rotatable bonds is 5. The lowest BCUT2D eigenvalue weighted by molar-refractivity contribution is 0.631. The molecule has 0 atom stereocenters. The summed E-state index contributed by atoms with van der Waals surface area (Å²) in [5, 5.41) is 4.40. The van der Waals surface area contributed by atoms with Gasteiger partial charge in [-0.15, -0.1) is 11.3 Å². The Labute approximate surface area is 119 Å². The fourth-order valence-electron chi connectivity index (χ4n) is 2.16. The Hall–Kier alpha value is -1.19. The monoisotopic (exact) mass is 274 g/mol. The summed E-state index contributed by atoms with van der Waals surface area (Å²) in [5.74, 6) is 0.641. The molecule has 1 aromatic carbocycles. The van der Waals surface area contributed by atoms with Crippen LogP contribution in [-0.4, -0.2) is 12.0 Å². The van der Waals surface area contributed by atoms with E-state index in [-0.39, 0.29) is 0 Å². The van der Waals surface area contributed by atoms with E-state index in [1.54, 1.807) is 0 Å². The van der Waals surface area contributed by atoms with Gasteiger partial charge in [-0.3, -0.25) is 0 Å². The Bertz CT molecular complexity index is 543. The molecule has 0 amide bonds. The second kappa shape index (κ2) is 6.31. The highest BCUT2D eigenvalue weighted by Gasteiger charge is 2.14. The van der Waals surface area contributed by atoms with Crippen molar-refractivity contribution in [3.63, 3.8) is 0 Å². The number of hydrogen-bond acceptors (Lipinski definition) is 3. The van der Waals surface area contributed by atoms with E-state index < -0.39 is 0 Å². The third-order valence-corrected chi connectivity index (χ3v) is 4.22. The first-order chi connectivity index (χ1) is 9.11. The Morgan fingerprint density at radius 1 is 1.26 bits per heavy atom. The average molecular weight is 274 g/mol. The normalized spacial score (nSPS) is 11.2. The van der Waals surface area contributed by atoms with Gasteiger partial charge >= 0.3 is 0 Å². The van der Waals surface area contributed by atoms with Gasteiger partial charge in [-0.25, -0.2) is 4.98 Å². The minimum absolute atomic E-state index is 0.641. The maximum atomic E-state index is 4.88. The van der Waals surface area contributed by atoms with Crippen molar-refractivity contribution in [2.24, 2.45) is 5.92 Å². The van der Waals surface area contributed by atoms with Crippen molar-refractivity contribution in [3.05, 3.63) is 40.4 Å². The molecular weight excluding hydrogens is 252 g/mol. The van der Waals surface area contributed by atoms with Crippen LogP contribution in [0.4, 0.5) is 0 Å². The largest absolute Gasteiger partial charge is 0.315 e. The molecule has 0 bridgehead atoms.